The molecule has 0 amide bonds. The van der Waals surface area contributed by atoms with Gasteiger partial charge >= 0.3 is 0 Å². The number of aromatic nitrogens is 2. The van der Waals surface area contributed by atoms with Gasteiger partial charge in [0.1, 0.15) is 0 Å². The SMILES string of the molecule is CCCCCC(=O)n1cccn1. The fourth-order valence-corrected chi connectivity index (χ4v) is 1.06. The van der Waals surface area contributed by atoms with Gasteiger partial charge in [0, 0.05) is 18.8 Å². The number of carbonyl (C=O) groups is 1. The number of rotatable bonds is 4. The van der Waals surface area contributed by atoms with E-state index in [0.29, 0.717) is 6.42 Å². The van der Waals surface area contributed by atoms with E-state index in [1.807, 2.05) is 0 Å². The summed E-state index contributed by atoms with van der Waals surface area (Å²) in [5.41, 5.74) is 0. The lowest BCUT2D eigenvalue weighted by Gasteiger charge is -1.98. The summed E-state index contributed by atoms with van der Waals surface area (Å²) in [5, 5.41) is 3.86. The summed E-state index contributed by atoms with van der Waals surface area (Å²) in [6, 6.07) is 1.76. The highest BCUT2D eigenvalue weighted by molar-refractivity contribution is 5.77. The van der Waals surface area contributed by atoms with Crippen LogP contribution in [0.25, 0.3) is 0 Å². The first-order valence-electron chi connectivity index (χ1n) is 4.37. The molecule has 0 atom stereocenters. The van der Waals surface area contributed by atoms with Crippen LogP contribution in [0.1, 0.15) is 37.4 Å². The molecule has 1 aromatic heterocycles. The van der Waals surface area contributed by atoms with E-state index in [1.54, 1.807) is 18.5 Å². The zero-order chi connectivity index (χ0) is 8.81. The molecule has 66 valence electrons. The first-order valence-corrected chi connectivity index (χ1v) is 4.37. The average Bonchev–Trinajstić information content (AvgIpc) is 2.56. The fraction of sp³-hybridized carbons (Fsp3) is 0.556. The molecule has 0 radical (unpaired) electrons. The predicted molar refractivity (Wildman–Crippen MR) is 47.0 cm³/mol. The number of nitrogens with zero attached hydrogens (tertiary/aromatic N) is 2. The summed E-state index contributed by atoms with van der Waals surface area (Å²) < 4.78 is 1.40. The Balaban J connectivity index is 2.30. The molecular weight excluding hydrogens is 152 g/mol. The maximum atomic E-state index is 11.3. The summed E-state index contributed by atoms with van der Waals surface area (Å²) in [4.78, 5) is 11.3. The Bertz CT molecular complexity index is 229. The van der Waals surface area contributed by atoms with Gasteiger partial charge in [-0.15, -0.1) is 0 Å². The predicted octanol–water partition coefficient (Wildman–Crippen LogP) is 2.10. The van der Waals surface area contributed by atoms with Crippen LogP contribution in [0.4, 0.5) is 0 Å². The van der Waals surface area contributed by atoms with Crippen molar-refractivity contribution in [1.82, 2.24) is 9.78 Å². The minimum absolute atomic E-state index is 0.0912. The molecule has 0 saturated heterocycles. The van der Waals surface area contributed by atoms with Gasteiger partial charge in [-0.1, -0.05) is 19.8 Å². The lowest BCUT2D eigenvalue weighted by atomic mass is 10.2. The third-order valence-corrected chi connectivity index (χ3v) is 1.75. The van der Waals surface area contributed by atoms with E-state index in [4.69, 9.17) is 0 Å². The maximum Gasteiger partial charge on any atom is 0.246 e. The molecule has 0 N–H and O–H groups in total. The molecule has 0 saturated carbocycles. The van der Waals surface area contributed by atoms with E-state index in [-0.39, 0.29) is 5.91 Å². The Morgan fingerprint density at radius 3 is 2.92 bits per heavy atom. The largest absolute Gasteiger partial charge is 0.273 e. The number of hydrogen-bond acceptors (Lipinski definition) is 2. The van der Waals surface area contributed by atoms with Crippen LogP contribution in [-0.4, -0.2) is 15.7 Å². The molecular formula is C9H14N2O. The van der Waals surface area contributed by atoms with Crippen molar-refractivity contribution in [2.75, 3.05) is 0 Å². The second-order valence-corrected chi connectivity index (χ2v) is 2.80. The maximum absolute atomic E-state index is 11.3. The molecule has 0 unspecified atom stereocenters. The van der Waals surface area contributed by atoms with Crippen LogP contribution in [0.5, 0.6) is 0 Å². The van der Waals surface area contributed by atoms with Crippen molar-refractivity contribution in [3.8, 4) is 0 Å². The normalized spacial score (nSPS) is 10.1. The lowest BCUT2D eigenvalue weighted by Crippen LogP contribution is -2.10. The van der Waals surface area contributed by atoms with Gasteiger partial charge in [-0.05, 0) is 12.5 Å². The first-order chi connectivity index (χ1) is 5.84. The van der Waals surface area contributed by atoms with Crippen LogP contribution in [0.3, 0.4) is 0 Å². The highest BCUT2D eigenvalue weighted by Crippen LogP contribution is 2.00. The molecule has 1 heterocycles. The first kappa shape index (κ1) is 8.97. The molecule has 1 aromatic rings. The van der Waals surface area contributed by atoms with Gasteiger partial charge in [-0.3, -0.25) is 4.79 Å². The van der Waals surface area contributed by atoms with Crippen LogP contribution in [-0.2, 0) is 0 Å². The Labute approximate surface area is 72.4 Å². The summed E-state index contributed by atoms with van der Waals surface area (Å²) >= 11 is 0. The third kappa shape index (κ3) is 2.49. The van der Waals surface area contributed by atoms with Crippen molar-refractivity contribution in [1.29, 1.82) is 0 Å². The zero-order valence-corrected chi connectivity index (χ0v) is 7.36. The van der Waals surface area contributed by atoms with E-state index in [9.17, 15) is 4.79 Å². The second kappa shape index (κ2) is 4.70. The van der Waals surface area contributed by atoms with Gasteiger partial charge in [0.25, 0.3) is 0 Å². The standard InChI is InChI=1S/C9H14N2O/c1-2-3-4-6-9(12)11-8-5-7-10-11/h5,7-8H,2-4,6H2,1H3. The molecule has 0 fully saturated rings. The molecule has 3 heteroatoms. The monoisotopic (exact) mass is 166 g/mol. The van der Waals surface area contributed by atoms with Crippen molar-refractivity contribution in [3.05, 3.63) is 18.5 Å². The van der Waals surface area contributed by atoms with Crippen molar-refractivity contribution < 1.29 is 4.79 Å². The van der Waals surface area contributed by atoms with E-state index in [1.165, 1.54) is 4.68 Å². The van der Waals surface area contributed by atoms with Gasteiger partial charge < -0.3 is 0 Å². The van der Waals surface area contributed by atoms with Gasteiger partial charge in [0.2, 0.25) is 5.91 Å². The quantitative estimate of drug-likeness (QED) is 0.642. The Hall–Kier alpha value is -1.12. The Kier molecular flexibility index (Phi) is 3.51. The summed E-state index contributed by atoms with van der Waals surface area (Å²) in [5.74, 6) is 0.0912. The third-order valence-electron chi connectivity index (χ3n) is 1.75. The molecule has 3 nitrogen and oxygen atoms in total. The molecule has 1 rings (SSSR count). The second-order valence-electron chi connectivity index (χ2n) is 2.80. The van der Waals surface area contributed by atoms with Gasteiger partial charge in [-0.2, -0.15) is 5.10 Å². The molecule has 0 aliphatic heterocycles. The van der Waals surface area contributed by atoms with Gasteiger partial charge in [0.05, 0.1) is 0 Å². The van der Waals surface area contributed by atoms with E-state index < -0.39 is 0 Å². The van der Waals surface area contributed by atoms with Crippen LogP contribution in [0.2, 0.25) is 0 Å². The minimum Gasteiger partial charge on any atom is -0.273 e. The molecule has 0 aliphatic rings. The molecule has 12 heavy (non-hydrogen) atoms. The van der Waals surface area contributed by atoms with Crippen LogP contribution in [0.15, 0.2) is 18.5 Å². The van der Waals surface area contributed by atoms with Gasteiger partial charge in [0.15, 0.2) is 0 Å². The van der Waals surface area contributed by atoms with Gasteiger partial charge in [-0.25, -0.2) is 4.68 Å². The average molecular weight is 166 g/mol. The smallest absolute Gasteiger partial charge is 0.246 e. The summed E-state index contributed by atoms with van der Waals surface area (Å²) in [7, 11) is 0. The number of carbonyl (C=O) groups excluding carboxylic acids is 1. The minimum atomic E-state index is 0.0912. The topological polar surface area (TPSA) is 34.9 Å². The van der Waals surface area contributed by atoms with Crippen LogP contribution in [0, 0.1) is 0 Å². The van der Waals surface area contributed by atoms with E-state index in [0.717, 1.165) is 19.3 Å². The molecule has 0 spiro atoms. The number of unbranched alkanes of at least 4 members (excludes halogenated alkanes) is 2. The fourth-order valence-electron chi connectivity index (χ4n) is 1.06. The Morgan fingerprint density at radius 1 is 1.50 bits per heavy atom. The van der Waals surface area contributed by atoms with Crippen molar-refractivity contribution in [2.24, 2.45) is 0 Å². The number of hydrogen-bond donors (Lipinski definition) is 0. The van der Waals surface area contributed by atoms with E-state index >= 15 is 0 Å². The zero-order valence-electron chi connectivity index (χ0n) is 7.36. The molecule has 0 aliphatic carbocycles. The molecule has 0 bridgehead atoms. The highest BCUT2D eigenvalue weighted by atomic mass is 16.2. The van der Waals surface area contributed by atoms with Crippen molar-refractivity contribution in [2.45, 2.75) is 32.6 Å². The van der Waals surface area contributed by atoms with Crippen LogP contribution >= 0.6 is 0 Å². The lowest BCUT2D eigenvalue weighted by molar-refractivity contribution is 0.0883. The Morgan fingerprint density at radius 2 is 2.33 bits per heavy atom. The van der Waals surface area contributed by atoms with Crippen molar-refractivity contribution >= 4 is 5.91 Å². The summed E-state index contributed by atoms with van der Waals surface area (Å²) in [6.07, 6.45) is 7.15. The van der Waals surface area contributed by atoms with Crippen molar-refractivity contribution in [3.63, 3.8) is 0 Å². The summed E-state index contributed by atoms with van der Waals surface area (Å²) in [6.45, 7) is 2.12. The highest BCUT2D eigenvalue weighted by Gasteiger charge is 2.02. The van der Waals surface area contributed by atoms with E-state index in [2.05, 4.69) is 12.0 Å². The molecule has 0 aromatic carbocycles. The van der Waals surface area contributed by atoms with Crippen LogP contribution < -0.4 is 0 Å².